The van der Waals surface area contributed by atoms with Crippen LogP contribution in [0.4, 0.5) is 11.4 Å². The molecule has 0 spiro atoms. The molecular weight excluding hydrogens is 420 g/mol. The van der Waals surface area contributed by atoms with E-state index >= 15 is 0 Å². The fourth-order valence-corrected chi connectivity index (χ4v) is 4.61. The number of nitrogens with one attached hydrogen (secondary N) is 1. The van der Waals surface area contributed by atoms with Crippen molar-refractivity contribution in [3.63, 3.8) is 0 Å². The summed E-state index contributed by atoms with van der Waals surface area (Å²) in [5.41, 5.74) is 2.02. The van der Waals surface area contributed by atoms with Gasteiger partial charge in [0.05, 0.1) is 6.54 Å². The van der Waals surface area contributed by atoms with Crippen molar-refractivity contribution in [2.75, 3.05) is 62.6 Å². The molecule has 2 saturated heterocycles. The first-order chi connectivity index (χ1) is 16.2. The summed E-state index contributed by atoms with van der Waals surface area (Å²) in [7, 11) is 0. The molecule has 8 heteroatoms. The monoisotopic (exact) mass is 450 g/mol. The van der Waals surface area contributed by atoms with Gasteiger partial charge in [-0.1, -0.05) is 12.1 Å². The number of hydrogen-bond donors (Lipinski definition) is 1. The zero-order chi connectivity index (χ0) is 22.6. The summed E-state index contributed by atoms with van der Waals surface area (Å²) < 4.78 is 11.5. The van der Waals surface area contributed by atoms with Gasteiger partial charge in [0.1, 0.15) is 6.61 Å². The Kier molecular flexibility index (Phi) is 6.35. The molecule has 0 unspecified atom stereocenters. The second-order valence-electron chi connectivity index (χ2n) is 8.75. The van der Waals surface area contributed by atoms with E-state index in [0.29, 0.717) is 44.2 Å². The number of nitrogens with zero attached hydrogens (tertiary/aromatic N) is 3. The topological polar surface area (TPSA) is 74.4 Å². The number of carbonyl (C=O) groups is 2. The van der Waals surface area contributed by atoms with E-state index in [1.807, 2.05) is 36.4 Å². The standard InChI is InChI=1S/C25H30N4O4/c30-24(26-19-7-9-20(10-8-19)28-11-3-4-12-28)17-27-13-15-29(16-14-27)25(31)23-18-32-21-5-1-2-6-22(21)33-23/h1-2,5-10,23H,3-4,11-18H2,(H,26,30)/t23-/m0/s1. The van der Waals surface area contributed by atoms with Crippen LogP contribution < -0.4 is 19.7 Å². The molecule has 3 aliphatic rings. The highest BCUT2D eigenvalue weighted by molar-refractivity contribution is 5.92. The lowest BCUT2D eigenvalue weighted by molar-refractivity contribution is -0.143. The van der Waals surface area contributed by atoms with Gasteiger partial charge in [-0.25, -0.2) is 0 Å². The normalized spacial score (nSPS) is 20.5. The van der Waals surface area contributed by atoms with Gasteiger partial charge >= 0.3 is 0 Å². The van der Waals surface area contributed by atoms with Crippen LogP contribution >= 0.6 is 0 Å². The molecule has 1 N–H and O–H groups in total. The Bertz CT molecular complexity index is 982. The van der Waals surface area contributed by atoms with Gasteiger partial charge in [-0.05, 0) is 49.2 Å². The molecule has 2 amide bonds. The lowest BCUT2D eigenvalue weighted by Crippen LogP contribution is -2.54. The molecule has 0 saturated carbocycles. The summed E-state index contributed by atoms with van der Waals surface area (Å²) in [5, 5.41) is 2.99. The maximum atomic E-state index is 12.9. The predicted molar refractivity (Wildman–Crippen MR) is 126 cm³/mol. The van der Waals surface area contributed by atoms with Crippen LogP contribution in [0.5, 0.6) is 11.5 Å². The van der Waals surface area contributed by atoms with E-state index in [1.54, 1.807) is 4.90 Å². The Morgan fingerprint density at radius 3 is 2.30 bits per heavy atom. The van der Waals surface area contributed by atoms with Crippen LogP contribution in [0.2, 0.25) is 0 Å². The number of ether oxygens (including phenoxy) is 2. The molecule has 2 aromatic carbocycles. The molecule has 0 radical (unpaired) electrons. The van der Waals surface area contributed by atoms with E-state index in [2.05, 4.69) is 27.2 Å². The number of hydrogen-bond acceptors (Lipinski definition) is 6. The van der Waals surface area contributed by atoms with E-state index in [4.69, 9.17) is 9.47 Å². The highest BCUT2D eigenvalue weighted by Gasteiger charge is 2.32. The number of piperazine rings is 1. The zero-order valence-electron chi connectivity index (χ0n) is 18.7. The number of para-hydroxylation sites is 2. The van der Waals surface area contributed by atoms with Gasteiger partial charge in [-0.2, -0.15) is 0 Å². The van der Waals surface area contributed by atoms with Crippen molar-refractivity contribution in [2.24, 2.45) is 0 Å². The van der Waals surface area contributed by atoms with Gasteiger partial charge in [0, 0.05) is 50.6 Å². The smallest absolute Gasteiger partial charge is 0.267 e. The summed E-state index contributed by atoms with van der Waals surface area (Å²) in [4.78, 5) is 31.6. The highest BCUT2D eigenvalue weighted by atomic mass is 16.6. The molecule has 1 atom stereocenters. The SMILES string of the molecule is O=C(CN1CCN(C(=O)[C@@H]2COc3ccccc3O2)CC1)Nc1ccc(N2CCCC2)cc1. The average Bonchev–Trinajstić information content (AvgIpc) is 3.39. The third-order valence-electron chi connectivity index (χ3n) is 6.46. The van der Waals surface area contributed by atoms with Crippen molar-refractivity contribution in [2.45, 2.75) is 18.9 Å². The Hall–Kier alpha value is -3.26. The van der Waals surface area contributed by atoms with E-state index < -0.39 is 6.10 Å². The number of benzene rings is 2. The molecule has 0 aromatic heterocycles. The minimum Gasteiger partial charge on any atom is -0.485 e. The minimum atomic E-state index is -0.627. The molecule has 3 aliphatic heterocycles. The number of fused-ring (bicyclic) bond motifs is 1. The van der Waals surface area contributed by atoms with Gasteiger partial charge in [0.2, 0.25) is 12.0 Å². The van der Waals surface area contributed by atoms with Gasteiger partial charge in [0.15, 0.2) is 11.5 Å². The van der Waals surface area contributed by atoms with Crippen molar-refractivity contribution in [3.05, 3.63) is 48.5 Å². The Morgan fingerprint density at radius 1 is 0.879 bits per heavy atom. The summed E-state index contributed by atoms with van der Waals surface area (Å²) in [6.45, 7) is 5.17. The second kappa shape index (κ2) is 9.70. The number of carbonyl (C=O) groups excluding carboxylic acids is 2. The van der Waals surface area contributed by atoms with Crippen molar-refractivity contribution in [3.8, 4) is 11.5 Å². The largest absolute Gasteiger partial charge is 0.485 e. The Balaban J connectivity index is 1.07. The maximum absolute atomic E-state index is 12.9. The average molecular weight is 451 g/mol. The van der Waals surface area contributed by atoms with Gasteiger partial charge < -0.3 is 24.6 Å². The van der Waals surface area contributed by atoms with E-state index in [9.17, 15) is 9.59 Å². The quantitative estimate of drug-likeness (QED) is 0.753. The van der Waals surface area contributed by atoms with Crippen LogP contribution in [-0.4, -0.2) is 80.1 Å². The van der Waals surface area contributed by atoms with Crippen LogP contribution in [0, 0.1) is 0 Å². The van der Waals surface area contributed by atoms with Crippen molar-refractivity contribution < 1.29 is 19.1 Å². The molecule has 2 aromatic rings. The minimum absolute atomic E-state index is 0.0377. The lowest BCUT2D eigenvalue weighted by Gasteiger charge is -2.36. The highest BCUT2D eigenvalue weighted by Crippen LogP contribution is 2.31. The third kappa shape index (κ3) is 5.06. The summed E-state index contributed by atoms with van der Waals surface area (Å²) in [5.74, 6) is 1.17. The van der Waals surface area contributed by atoms with Crippen LogP contribution in [0.1, 0.15) is 12.8 Å². The van der Waals surface area contributed by atoms with Crippen LogP contribution in [0.15, 0.2) is 48.5 Å². The second-order valence-corrected chi connectivity index (χ2v) is 8.75. The summed E-state index contributed by atoms with van der Waals surface area (Å²) in [6, 6.07) is 15.5. The van der Waals surface area contributed by atoms with Crippen molar-refractivity contribution in [1.29, 1.82) is 0 Å². The molecule has 0 aliphatic carbocycles. The molecule has 174 valence electrons. The molecule has 3 heterocycles. The first-order valence-corrected chi connectivity index (χ1v) is 11.7. The first kappa shape index (κ1) is 21.6. The predicted octanol–water partition coefficient (Wildman–Crippen LogP) is 2.21. The summed E-state index contributed by atoms with van der Waals surface area (Å²) in [6.07, 6.45) is 1.86. The molecule has 8 nitrogen and oxygen atoms in total. The molecule has 0 bridgehead atoms. The van der Waals surface area contributed by atoms with Crippen molar-refractivity contribution >= 4 is 23.2 Å². The Morgan fingerprint density at radius 2 is 1.58 bits per heavy atom. The maximum Gasteiger partial charge on any atom is 0.267 e. The van der Waals surface area contributed by atoms with E-state index in [-0.39, 0.29) is 18.4 Å². The molecule has 33 heavy (non-hydrogen) atoms. The van der Waals surface area contributed by atoms with Crippen LogP contribution in [0.25, 0.3) is 0 Å². The molecule has 5 rings (SSSR count). The first-order valence-electron chi connectivity index (χ1n) is 11.7. The van der Waals surface area contributed by atoms with Crippen molar-refractivity contribution in [1.82, 2.24) is 9.80 Å². The number of anilines is 2. The van der Waals surface area contributed by atoms with Gasteiger partial charge in [-0.15, -0.1) is 0 Å². The van der Waals surface area contributed by atoms with E-state index in [0.717, 1.165) is 18.8 Å². The van der Waals surface area contributed by atoms with Gasteiger partial charge in [0.25, 0.3) is 5.91 Å². The zero-order valence-corrected chi connectivity index (χ0v) is 18.7. The fraction of sp³-hybridized carbons (Fsp3) is 0.440. The van der Waals surface area contributed by atoms with Crippen LogP contribution in [-0.2, 0) is 9.59 Å². The van der Waals surface area contributed by atoms with Gasteiger partial charge in [-0.3, -0.25) is 14.5 Å². The fourth-order valence-electron chi connectivity index (χ4n) is 4.61. The number of amides is 2. The van der Waals surface area contributed by atoms with Crippen LogP contribution in [0.3, 0.4) is 0 Å². The number of rotatable bonds is 5. The third-order valence-corrected chi connectivity index (χ3v) is 6.46. The Labute approximate surface area is 194 Å². The summed E-state index contributed by atoms with van der Waals surface area (Å²) >= 11 is 0. The molecule has 2 fully saturated rings. The molecular formula is C25H30N4O4. The lowest BCUT2D eigenvalue weighted by atomic mass is 10.2. The van der Waals surface area contributed by atoms with E-state index in [1.165, 1.54) is 18.5 Å².